The molecule has 0 aromatic rings. The average Bonchev–Trinajstić information content (AvgIpc) is 2.56. The zero-order valence-corrected chi connectivity index (χ0v) is 9.17. The minimum Gasteiger partial charge on any atom is -0.450 e. The molecule has 1 heterocycles. The van der Waals surface area contributed by atoms with Gasteiger partial charge in [0.15, 0.2) is 0 Å². The van der Waals surface area contributed by atoms with Crippen molar-refractivity contribution < 1.29 is 9.53 Å². The third-order valence-corrected chi connectivity index (χ3v) is 1.95. The van der Waals surface area contributed by atoms with Gasteiger partial charge in [0.25, 0.3) is 0 Å². The van der Waals surface area contributed by atoms with E-state index in [4.69, 9.17) is 4.74 Å². The summed E-state index contributed by atoms with van der Waals surface area (Å²) in [6.45, 7) is 10.2. The summed E-state index contributed by atoms with van der Waals surface area (Å²) in [5, 5.41) is 0. The van der Waals surface area contributed by atoms with Crippen LogP contribution in [0.25, 0.3) is 0 Å². The normalized spacial score (nSPS) is 20.6. The van der Waals surface area contributed by atoms with Crippen molar-refractivity contribution in [1.29, 1.82) is 0 Å². The molecule has 1 aliphatic heterocycles. The van der Waals surface area contributed by atoms with E-state index in [0.29, 0.717) is 12.5 Å². The fourth-order valence-corrected chi connectivity index (χ4v) is 1.32. The van der Waals surface area contributed by atoms with Crippen molar-refractivity contribution >= 4 is 6.09 Å². The summed E-state index contributed by atoms with van der Waals surface area (Å²) < 4.78 is 4.86. The Hall–Kier alpha value is -0.730. The summed E-state index contributed by atoms with van der Waals surface area (Å²) in [5.74, 6) is 0.638. The first-order valence-electron chi connectivity index (χ1n) is 5.15. The highest BCUT2D eigenvalue weighted by molar-refractivity contribution is 5.67. The first-order valence-corrected chi connectivity index (χ1v) is 5.15. The molecule has 1 saturated heterocycles. The van der Waals surface area contributed by atoms with E-state index in [0.717, 1.165) is 19.5 Å². The molecule has 0 saturated carbocycles. The van der Waals surface area contributed by atoms with Gasteiger partial charge in [0.05, 0.1) is 6.61 Å². The third-order valence-electron chi connectivity index (χ3n) is 1.95. The van der Waals surface area contributed by atoms with Crippen molar-refractivity contribution in [2.45, 2.75) is 34.1 Å². The van der Waals surface area contributed by atoms with E-state index in [-0.39, 0.29) is 6.09 Å². The average molecular weight is 187 g/mol. The molecule has 1 atom stereocenters. The molecular formula is C10H21NO2. The van der Waals surface area contributed by atoms with Crippen molar-refractivity contribution in [3.05, 3.63) is 0 Å². The molecule has 0 aromatic carbocycles. The lowest BCUT2D eigenvalue weighted by molar-refractivity contribution is 0.114. The van der Waals surface area contributed by atoms with Gasteiger partial charge in [-0.05, 0) is 19.3 Å². The van der Waals surface area contributed by atoms with Crippen LogP contribution in [0.15, 0.2) is 0 Å². The number of hydrogen-bond acceptors (Lipinski definition) is 2. The lowest BCUT2D eigenvalue weighted by Crippen LogP contribution is -2.28. The van der Waals surface area contributed by atoms with Crippen LogP contribution in [-0.2, 0) is 4.74 Å². The number of carbonyl (C=O) groups excluding carboxylic acids is 1. The molecule has 0 N–H and O–H groups in total. The van der Waals surface area contributed by atoms with E-state index >= 15 is 0 Å². The number of ether oxygens (including phenoxy) is 1. The van der Waals surface area contributed by atoms with Gasteiger partial charge >= 0.3 is 6.09 Å². The smallest absolute Gasteiger partial charge is 0.409 e. The number of nitrogens with zero attached hydrogens (tertiary/aromatic N) is 1. The summed E-state index contributed by atoms with van der Waals surface area (Å²) in [7, 11) is 0. The lowest BCUT2D eigenvalue weighted by atomic mass is 10.2. The van der Waals surface area contributed by atoms with Crippen molar-refractivity contribution in [3.63, 3.8) is 0 Å². The van der Waals surface area contributed by atoms with Crippen molar-refractivity contribution in [1.82, 2.24) is 4.90 Å². The van der Waals surface area contributed by atoms with E-state index in [2.05, 4.69) is 6.92 Å². The quantitative estimate of drug-likeness (QED) is 0.631. The molecule has 0 bridgehead atoms. The first kappa shape index (κ1) is 12.3. The fraction of sp³-hybridized carbons (Fsp3) is 0.900. The molecule has 3 nitrogen and oxygen atoms in total. The largest absolute Gasteiger partial charge is 0.450 e. The zero-order valence-electron chi connectivity index (χ0n) is 9.17. The molecule has 0 aromatic heterocycles. The monoisotopic (exact) mass is 187 g/mol. The van der Waals surface area contributed by atoms with Gasteiger partial charge in [-0.25, -0.2) is 4.79 Å². The second-order valence-electron chi connectivity index (χ2n) is 3.04. The van der Waals surface area contributed by atoms with Gasteiger partial charge in [-0.15, -0.1) is 0 Å². The Kier molecular flexibility index (Phi) is 6.37. The number of rotatable bonds is 1. The molecule has 0 aliphatic carbocycles. The number of hydrogen-bond donors (Lipinski definition) is 0. The summed E-state index contributed by atoms with van der Waals surface area (Å²) in [4.78, 5) is 12.9. The predicted molar refractivity (Wildman–Crippen MR) is 53.7 cm³/mol. The van der Waals surface area contributed by atoms with Gasteiger partial charge in [-0.2, -0.15) is 0 Å². The van der Waals surface area contributed by atoms with Crippen molar-refractivity contribution in [2.24, 2.45) is 5.92 Å². The van der Waals surface area contributed by atoms with E-state index in [1.807, 2.05) is 20.8 Å². The fourth-order valence-electron chi connectivity index (χ4n) is 1.32. The predicted octanol–water partition coefficient (Wildman–Crippen LogP) is 2.51. The minimum atomic E-state index is -0.156. The molecule has 1 aliphatic rings. The molecule has 1 amide bonds. The Bertz CT molecular complexity index is 148. The lowest BCUT2D eigenvalue weighted by Gasteiger charge is -2.14. The van der Waals surface area contributed by atoms with Crippen LogP contribution in [0.5, 0.6) is 0 Å². The van der Waals surface area contributed by atoms with Gasteiger partial charge in [-0.3, -0.25) is 0 Å². The Morgan fingerprint density at radius 1 is 1.54 bits per heavy atom. The van der Waals surface area contributed by atoms with Gasteiger partial charge in [0.2, 0.25) is 0 Å². The molecule has 1 rings (SSSR count). The van der Waals surface area contributed by atoms with Crippen LogP contribution in [0.1, 0.15) is 34.1 Å². The van der Waals surface area contributed by atoms with E-state index < -0.39 is 0 Å². The van der Waals surface area contributed by atoms with E-state index in [9.17, 15) is 4.79 Å². The molecule has 1 fully saturated rings. The van der Waals surface area contributed by atoms with Crippen LogP contribution in [0.4, 0.5) is 4.79 Å². The Morgan fingerprint density at radius 3 is 2.54 bits per heavy atom. The van der Waals surface area contributed by atoms with Crippen LogP contribution in [0, 0.1) is 5.92 Å². The van der Waals surface area contributed by atoms with Crippen molar-refractivity contribution in [3.8, 4) is 0 Å². The van der Waals surface area contributed by atoms with Crippen LogP contribution >= 0.6 is 0 Å². The second-order valence-corrected chi connectivity index (χ2v) is 3.04. The van der Waals surface area contributed by atoms with Gasteiger partial charge < -0.3 is 9.64 Å². The maximum atomic E-state index is 11.1. The second kappa shape index (κ2) is 6.75. The topological polar surface area (TPSA) is 29.5 Å². The van der Waals surface area contributed by atoms with Crippen LogP contribution in [-0.4, -0.2) is 30.7 Å². The standard InChI is InChI=1S/C8H15NO2.C2H6/c1-3-11-8(10)9-5-4-7(2)6-9;1-2/h7H,3-6H2,1-2H3;1-2H3. The third kappa shape index (κ3) is 4.15. The molecule has 3 heteroatoms. The summed E-state index contributed by atoms with van der Waals surface area (Å²) in [6, 6.07) is 0. The van der Waals surface area contributed by atoms with Gasteiger partial charge in [0.1, 0.15) is 0 Å². The summed E-state index contributed by atoms with van der Waals surface area (Å²) in [5.41, 5.74) is 0. The maximum absolute atomic E-state index is 11.1. The highest BCUT2D eigenvalue weighted by Gasteiger charge is 2.23. The van der Waals surface area contributed by atoms with E-state index in [1.54, 1.807) is 4.90 Å². The highest BCUT2D eigenvalue weighted by atomic mass is 16.6. The van der Waals surface area contributed by atoms with Gasteiger partial charge in [-0.1, -0.05) is 20.8 Å². The highest BCUT2D eigenvalue weighted by Crippen LogP contribution is 2.15. The number of likely N-dealkylation sites (tertiary alicyclic amines) is 1. The van der Waals surface area contributed by atoms with E-state index in [1.165, 1.54) is 0 Å². The van der Waals surface area contributed by atoms with Crippen LogP contribution in [0.2, 0.25) is 0 Å². The maximum Gasteiger partial charge on any atom is 0.409 e. The summed E-state index contributed by atoms with van der Waals surface area (Å²) >= 11 is 0. The zero-order chi connectivity index (χ0) is 10.3. The Balaban J connectivity index is 0.000000671. The van der Waals surface area contributed by atoms with Crippen LogP contribution < -0.4 is 0 Å². The molecule has 0 radical (unpaired) electrons. The first-order chi connectivity index (χ1) is 6.24. The molecule has 78 valence electrons. The molecule has 13 heavy (non-hydrogen) atoms. The molecular weight excluding hydrogens is 166 g/mol. The Labute approximate surface area is 81.1 Å². The molecule has 0 spiro atoms. The minimum absolute atomic E-state index is 0.156. The number of amides is 1. The summed E-state index contributed by atoms with van der Waals surface area (Å²) in [6.07, 6.45) is 0.954. The SMILES string of the molecule is CC.CCOC(=O)N1CCC(C)C1. The van der Waals surface area contributed by atoms with Crippen LogP contribution in [0.3, 0.4) is 0 Å². The Morgan fingerprint density at radius 2 is 2.15 bits per heavy atom. The number of carbonyl (C=O) groups is 1. The van der Waals surface area contributed by atoms with Crippen molar-refractivity contribution in [2.75, 3.05) is 19.7 Å². The van der Waals surface area contributed by atoms with Gasteiger partial charge in [0, 0.05) is 13.1 Å². The molecule has 1 unspecified atom stereocenters.